The third kappa shape index (κ3) is 3.71. The normalized spacial score (nSPS) is 21.8. The lowest BCUT2D eigenvalue weighted by atomic mass is 10.2. The molecule has 0 aliphatic carbocycles. The van der Waals surface area contributed by atoms with E-state index < -0.39 is 6.10 Å². The van der Waals surface area contributed by atoms with Gasteiger partial charge in [0.25, 0.3) is 0 Å². The maximum absolute atomic E-state index is 12.1. The SMILES string of the molecule is Cc1ccccc1OCCN(C)C(=O)[C@H]1C[C@H](O)CN1. The molecule has 1 aliphatic heterocycles. The average Bonchev–Trinajstić information content (AvgIpc) is 2.86. The lowest BCUT2D eigenvalue weighted by Crippen LogP contribution is -2.43. The second kappa shape index (κ2) is 6.72. The van der Waals surface area contributed by atoms with Gasteiger partial charge in [0.1, 0.15) is 12.4 Å². The Labute approximate surface area is 119 Å². The molecular formula is C15H22N2O3. The molecule has 0 spiro atoms. The first-order valence-electron chi connectivity index (χ1n) is 6.93. The standard InChI is InChI=1S/C15H22N2O3/c1-11-5-3-4-6-14(11)20-8-7-17(2)15(19)13-9-12(18)10-16-13/h3-6,12-13,16,18H,7-10H2,1-2H3/t12-,13+/m0/s1. The smallest absolute Gasteiger partial charge is 0.239 e. The maximum Gasteiger partial charge on any atom is 0.239 e. The molecule has 0 saturated carbocycles. The van der Waals surface area contributed by atoms with Gasteiger partial charge in [-0.2, -0.15) is 0 Å². The summed E-state index contributed by atoms with van der Waals surface area (Å²) in [6, 6.07) is 7.55. The summed E-state index contributed by atoms with van der Waals surface area (Å²) in [5.41, 5.74) is 1.09. The van der Waals surface area contributed by atoms with Crippen LogP contribution in [0.5, 0.6) is 5.75 Å². The summed E-state index contributed by atoms with van der Waals surface area (Å²) in [5, 5.41) is 12.4. The highest BCUT2D eigenvalue weighted by atomic mass is 16.5. The molecule has 1 aliphatic rings. The number of carbonyl (C=O) groups is 1. The van der Waals surface area contributed by atoms with Crippen LogP contribution in [0.4, 0.5) is 0 Å². The second-order valence-electron chi connectivity index (χ2n) is 5.22. The fourth-order valence-corrected chi connectivity index (χ4v) is 2.29. The van der Waals surface area contributed by atoms with Crippen LogP contribution in [0, 0.1) is 6.92 Å². The van der Waals surface area contributed by atoms with E-state index in [1.165, 1.54) is 0 Å². The van der Waals surface area contributed by atoms with Crippen molar-refractivity contribution >= 4 is 5.91 Å². The molecule has 1 saturated heterocycles. The zero-order chi connectivity index (χ0) is 14.5. The number of rotatable bonds is 5. The van der Waals surface area contributed by atoms with E-state index in [9.17, 15) is 9.90 Å². The summed E-state index contributed by atoms with van der Waals surface area (Å²) in [7, 11) is 1.76. The van der Waals surface area contributed by atoms with Crippen LogP contribution in [-0.2, 0) is 4.79 Å². The summed E-state index contributed by atoms with van der Waals surface area (Å²) in [6.07, 6.45) is 0.0718. The Balaban J connectivity index is 1.76. The van der Waals surface area contributed by atoms with E-state index in [1.807, 2.05) is 31.2 Å². The Morgan fingerprint density at radius 1 is 1.50 bits per heavy atom. The van der Waals surface area contributed by atoms with E-state index in [4.69, 9.17) is 4.74 Å². The Morgan fingerprint density at radius 2 is 2.25 bits per heavy atom. The van der Waals surface area contributed by atoms with Crippen molar-refractivity contribution in [2.45, 2.75) is 25.5 Å². The van der Waals surface area contributed by atoms with Crippen molar-refractivity contribution in [3.63, 3.8) is 0 Å². The first kappa shape index (κ1) is 14.8. The van der Waals surface area contributed by atoms with Crippen molar-refractivity contribution < 1.29 is 14.6 Å². The third-order valence-corrected chi connectivity index (χ3v) is 3.56. The fraction of sp³-hybridized carbons (Fsp3) is 0.533. The molecule has 1 aromatic carbocycles. The number of carbonyl (C=O) groups excluding carboxylic acids is 1. The number of nitrogens with one attached hydrogen (secondary N) is 1. The van der Waals surface area contributed by atoms with Crippen LogP contribution in [0.15, 0.2) is 24.3 Å². The summed E-state index contributed by atoms with van der Waals surface area (Å²) in [5.74, 6) is 0.859. The molecule has 2 N–H and O–H groups in total. The molecule has 0 unspecified atom stereocenters. The molecule has 1 amide bonds. The lowest BCUT2D eigenvalue weighted by molar-refractivity contribution is -0.132. The van der Waals surface area contributed by atoms with Crippen LogP contribution in [0.2, 0.25) is 0 Å². The second-order valence-corrected chi connectivity index (χ2v) is 5.22. The summed E-state index contributed by atoms with van der Waals surface area (Å²) < 4.78 is 5.68. The number of amides is 1. The number of β-amino-alcohol motifs (C(OH)–C–C–N with tert-alkyl or cyclic N) is 1. The van der Waals surface area contributed by atoms with Crippen molar-refractivity contribution in [3.8, 4) is 5.75 Å². The number of hydrogen-bond acceptors (Lipinski definition) is 4. The van der Waals surface area contributed by atoms with Crippen LogP contribution < -0.4 is 10.1 Å². The topological polar surface area (TPSA) is 61.8 Å². The Hall–Kier alpha value is -1.59. The first-order valence-corrected chi connectivity index (χ1v) is 6.93. The molecule has 0 bridgehead atoms. The van der Waals surface area contributed by atoms with Crippen LogP contribution in [-0.4, -0.2) is 54.8 Å². The van der Waals surface area contributed by atoms with E-state index >= 15 is 0 Å². The van der Waals surface area contributed by atoms with E-state index in [1.54, 1.807) is 11.9 Å². The lowest BCUT2D eigenvalue weighted by Gasteiger charge is -2.21. The Kier molecular flexibility index (Phi) is 4.98. The predicted molar refractivity (Wildman–Crippen MR) is 76.7 cm³/mol. The average molecular weight is 278 g/mol. The number of hydrogen-bond donors (Lipinski definition) is 2. The van der Waals surface area contributed by atoms with Gasteiger partial charge in [-0.25, -0.2) is 0 Å². The Bertz CT molecular complexity index is 464. The molecule has 1 aromatic rings. The molecule has 2 atom stereocenters. The van der Waals surface area contributed by atoms with Gasteiger partial charge >= 0.3 is 0 Å². The predicted octanol–water partition coefficient (Wildman–Crippen LogP) is 0.555. The van der Waals surface area contributed by atoms with E-state index in [0.717, 1.165) is 11.3 Å². The summed E-state index contributed by atoms with van der Waals surface area (Å²) in [6.45, 7) is 3.47. The number of likely N-dealkylation sites (N-methyl/N-ethyl adjacent to an activating group) is 1. The van der Waals surface area contributed by atoms with Gasteiger partial charge in [-0.1, -0.05) is 18.2 Å². The zero-order valence-corrected chi connectivity index (χ0v) is 12.0. The molecule has 0 aromatic heterocycles. The molecule has 2 rings (SSSR count). The minimum atomic E-state index is -0.416. The number of aryl methyl sites for hydroxylation is 1. The first-order chi connectivity index (χ1) is 9.58. The quantitative estimate of drug-likeness (QED) is 0.826. The largest absolute Gasteiger partial charge is 0.491 e. The third-order valence-electron chi connectivity index (χ3n) is 3.56. The van der Waals surface area contributed by atoms with Gasteiger partial charge in [0.05, 0.1) is 18.7 Å². The number of ether oxygens (including phenoxy) is 1. The minimum Gasteiger partial charge on any atom is -0.491 e. The molecule has 110 valence electrons. The highest BCUT2D eigenvalue weighted by Gasteiger charge is 2.29. The highest BCUT2D eigenvalue weighted by molar-refractivity contribution is 5.82. The van der Waals surface area contributed by atoms with E-state index in [2.05, 4.69) is 5.32 Å². The van der Waals surface area contributed by atoms with Crippen molar-refractivity contribution in [1.82, 2.24) is 10.2 Å². The molecule has 5 heteroatoms. The molecule has 0 radical (unpaired) electrons. The molecular weight excluding hydrogens is 256 g/mol. The van der Waals surface area contributed by atoms with Gasteiger partial charge in [0, 0.05) is 13.6 Å². The van der Waals surface area contributed by atoms with E-state index in [-0.39, 0.29) is 11.9 Å². The number of aliphatic hydroxyl groups is 1. The van der Waals surface area contributed by atoms with Gasteiger partial charge in [-0.15, -0.1) is 0 Å². The van der Waals surface area contributed by atoms with Crippen molar-refractivity contribution in [1.29, 1.82) is 0 Å². The van der Waals surface area contributed by atoms with Crippen LogP contribution in [0.1, 0.15) is 12.0 Å². The van der Waals surface area contributed by atoms with Crippen molar-refractivity contribution in [2.75, 3.05) is 26.7 Å². The minimum absolute atomic E-state index is 0.00920. The van der Waals surface area contributed by atoms with Gasteiger partial charge in [-0.05, 0) is 25.0 Å². The Morgan fingerprint density at radius 3 is 2.90 bits per heavy atom. The van der Waals surface area contributed by atoms with Crippen molar-refractivity contribution in [2.24, 2.45) is 0 Å². The van der Waals surface area contributed by atoms with Gasteiger partial charge < -0.3 is 20.1 Å². The number of benzene rings is 1. The zero-order valence-electron chi connectivity index (χ0n) is 12.0. The van der Waals surface area contributed by atoms with Crippen LogP contribution in [0.25, 0.3) is 0 Å². The highest BCUT2D eigenvalue weighted by Crippen LogP contribution is 2.16. The van der Waals surface area contributed by atoms with Gasteiger partial charge in [0.15, 0.2) is 0 Å². The maximum atomic E-state index is 12.1. The monoisotopic (exact) mass is 278 g/mol. The van der Waals surface area contributed by atoms with Crippen LogP contribution >= 0.6 is 0 Å². The van der Waals surface area contributed by atoms with Crippen molar-refractivity contribution in [3.05, 3.63) is 29.8 Å². The molecule has 1 fully saturated rings. The fourth-order valence-electron chi connectivity index (χ4n) is 2.29. The number of para-hydroxylation sites is 1. The molecule has 1 heterocycles. The number of nitrogens with zero attached hydrogens (tertiary/aromatic N) is 1. The van der Waals surface area contributed by atoms with Gasteiger partial charge in [-0.3, -0.25) is 4.79 Å². The molecule has 5 nitrogen and oxygen atoms in total. The summed E-state index contributed by atoms with van der Waals surface area (Å²) in [4.78, 5) is 13.7. The van der Waals surface area contributed by atoms with Crippen LogP contribution in [0.3, 0.4) is 0 Å². The summed E-state index contributed by atoms with van der Waals surface area (Å²) >= 11 is 0. The number of aliphatic hydroxyl groups excluding tert-OH is 1. The molecule has 20 heavy (non-hydrogen) atoms. The van der Waals surface area contributed by atoms with E-state index in [0.29, 0.717) is 26.1 Å². The van der Waals surface area contributed by atoms with Gasteiger partial charge in [0.2, 0.25) is 5.91 Å².